The molecule has 1 aromatic carbocycles. The third-order valence-electron chi connectivity index (χ3n) is 2.94. The maximum atomic E-state index is 6.20. The number of thiophene rings is 1. The van der Waals surface area contributed by atoms with Crippen molar-refractivity contribution in [2.24, 2.45) is 5.73 Å². The summed E-state index contributed by atoms with van der Waals surface area (Å²) in [6, 6.07) is 8.25. The first kappa shape index (κ1) is 13.6. The zero-order chi connectivity index (χ0) is 13.0. The van der Waals surface area contributed by atoms with Gasteiger partial charge in [0.05, 0.1) is 7.11 Å². The van der Waals surface area contributed by atoms with Crippen LogP contribution in [-0.2, 0) is 6.42 Å². The van der Waals surface area contributed by atoms with Crippen LogP contribution in [0.3, 0.4) is 0 Å². The molecule has 96 valence electrons. The van der Waals surface area contributed by atoms with Gasteiger partial charge in [-0.25, -0.2) is 0 Å². The standard InChI is InChI=1S/C14H16BrNOS/c1-17-11-5-2-10(3-6-11)4-7-14(16)12-8-18-9-13(12)15/h2-3,5-6,8-9,14H,4,7,16H2,1H3. The lowest BCUT2D eigenvalue weighted by Crippen LogP contribution is -2.10. The lowest BCUT2D eigenvalue weighted by atomic mass is 10.0. The van der Waals surface area contributed by atoms with Gasteiger partial charge in [-0.15, -0.1) is 0 Å². The minimum atomic E-state index is 0.0905. The van der Waals surface area contributed by atoms with Crippen LogP contribution in [0.25, 0.3) is 0 Å². The molecule has 2 rings (SSSR count). The van der Waals surface area contributed by atoms with Gasteiger partial charge in [0.1, 0.15) is 5.75 Å². The molecule has 1 heterocycles. The monoisotopic (exact) mass is 325 g/mol. The highest BCUT2D eigenvalue weighted by Crippen LogP contribution is 2.28. The molecule has 0 fully saturated rings. The fourth-order valence-electron chi connectivity index (χ4n) is 1.83. The Bertz CT molecular complexity index is 495. The van der Waals surface area contributed by atoms with E-state index < -0.39 is 0 Å². The van der Waals surface area contributed by atoms with Crippen LogP contribution < -0.4 is 10.5 Å². The number of halogens is 1. The molecule has 1 unspecified atom stereocenters. The van der Waals surface area contributed by atoms with Crippen molar-refractivity contribution in [1.29, 1.82) is 0 Å². The maximum absolute atomic E-state index is 6.20. The number of hydrogen-bond acceptors (Lipinski definition) is 3. The normalized spacial score (nSPS) is 12.4. The molecule has 2 nitrogen and oxygen atoms in total. The first-order valence-electron chi connectivity index (χ1n) is 5.81. The second-order valence-electron chi connectivity index (χ2n) is 4.17. The second-order valence-corrected chi connectivity index (χ2v) is 5.77. The van der Waals surface area contributed by atoms with E-state index in [0.717, 1.165) is 23.1 Å². The highest BCUT2D eigenvalue weighted by Gasteiger charge is 2.10. The van der Waals surface area contributed by atoms with E-state index in [1.807, 2.05) is 12.1 Å². The molecule has 0 spiro atoms. The zero-order valence-corrected chi connectivity index (χ0v) is 12.6. The molecule has 1 atom stereocenters. The lowest BCUT2D eigenvalue weighted by Gasteiger charge is -2.11. The van der Waals surface area contributed by atoms with Gasteiger partial charge in [-0.05, 0) is 57.4 Å². The molecular formula is C14H16BrNOS. The van der Waals surface area contributed by atoms with E-state index in [0.29, 0.717) is 0 Å². The third-order valence-corrected chi connectivity index (χ3v) is 4.70. The van der Waals surface area contributed by atoms with Crippen LogP contribution in [0.4, 0.5) is 0 Å². The Morgan fingerprint density at radius 2 is 2.00 bits per heavy atom. The van der Waals surface area contributed by atoms with Crippen LogP contribution in [0.15, 0.2) is 39.5 Å². The molecular weight excluding hydrogens is 310 g/mol. The van der Waals surface area contributed by atoms with Crippen LogP contribution in [0, 0.1) is 0 Å². The molecule has 0 bridgehead atoms. The second kappa shape index (κ2) is 6.36. The summed E-state index contributed by atoms with van der Waals surface area (Å²) < 4.78 is 6.26. The van der Waals surface area contributed by atoms with Gasteiger partial charge in [-0.3, -0.25) is 0 Å². The predicted molar refractivity (Wildman–Crippen MR) is 80.3 cm³/mol. The smallest absolute Gasteiger partial charge is 0.118 e. The summed E-state index contributed by atoms with van der Waals surface area (Å²) in [6.45, 7) is 0. The highest BCUT2D eigenvalue weighted by atomic mass is 79.9. The summed E-state index contributed by atoms with van der Waals surface area (Å²) in [7, 11) is 1.68. The molecule has 0 aliphatic rings. The maximum Gasteiger partial charge on any atom is 0.118 e. The van der Waals surface area contributed by atoms with Crippen molar-refractivity contribution in [1.82, 2.24) is 0 Å². The van der Waals surface area contributed by atoms with E-state index in [-0.39, 0.29) is 6.04 Å². The van der Waals surface area contributed by atoms with E-state index in [1.54, 1.807) is 18.4 Å². The summed E-state index contributed by atoms with van der Waals surface area (Å²) >= 11 is 5.20. The zero-order valence-electron chi connectivity index (χ0n) is 10.2. The Morgan fingerprint density at radius 3 is 2.56 bits per heavy atom. The first-order chi connectivity index (χ1) is 8.70. The van der Waals surface area contributed by atoms with Gasteiger partial charge in [-0.2, -0.15) is 11.3 Å². The van der Waals surface area contributed by atoms with Crippen LogP contribution >= 0.6 is 27.3 Å². The molecule has 0 saturated heterocycles. The predicted octanol–water partition coefficient (Wildman–Crippen LogP) is 4.15. The Balaban J connectivity index is 1.93. The average Bonchev–Trinajstić information content (AvgIpc) is 2.83. The van der Waals surface area contributed by atoms with Crippen molar-refractivity contribution < 1.29 is 4.74 Å². The minimum Gasteiger partial charge on any atom is -0.497 e. The molecule has 0 saturated carbocycles. The van der Waals surface area contributed by atoms with Crippen molar-refractivity contribution in [3.63, 3.8) is 0 Å². The molecule has 1 aromatic heterocycles. The van der Waals surface area contributed by atoms with Crippen LogP contribution in [0.2, 0.25) is 0 Å². The topological polar surface area (TPSA) is 35.2 Å². The number of aryl methyl sites for hydroxylation is 1. The number of ether oxygens (including phenoxy) is 1. The minimum absolute atomic E-state index is 0.0905. The number of rotatable bonds is 5. The summed E-state index contributed by atoms with van der Waals surface area (Å²) in [5, 5.41) is 4.19. The van der Waals surface area contributed by atoms with Gasteiger partial charge in [0.2, 0.25) is 0 Å². The molecule has 4 heteroatoms. The number of nitrogens with two attached hydrogens (primary N) is 1. The van der Waals surface area contributed by atoms with Gasteiger partial charge in [0.15, 0.2) is 0 Å². The van der Waals surface area contributed by atoms with Crippen molar-refractivity contribution in [2.75, 3.05) is 7.11 Å². The highest BCUT2D eigenvalue weighted by molar-refractivity contribution is 9.10. The number of methoxy groups -OCH3 is 1. The summed E-state index contributed by atoms with van der Waals surface area (Å²) in [4.78, 5) is 0. The van der Waals surface area contributed by atoms with Crippen LogP contribution in [0.1, 0.15) is 23.6 Å². The Hall–Kier alpha value is -0.840. The van der Waals surface area contributed by atoms with E-state index in [1.165, 1.54) is 11.1 Å². The van der Waals surface area contributed by atoms with Gasteiger partial charge < -0.3 is 10.5 Å². The van der Waals surface area contributed by atoms with E-state index in [9.17, 15) is 0 Å². The first-order valence-corrected chi connectivity index (χ1v) is 7.54. The van der Waals surface area contributed by atoms with Crippen molar-refractivity contribution in [3.05, 3.63) is 50.6 Å². The van der Waals surface area contributed by atoms with Gasteiger partial charge in [0.25, 0.3) is 0 Å². The summed E-state index contributed by atoms with van der Waals surface area (Å²) in [6.07, 6.45) is 1.93. The van der Waals surface area contributed by atoms with Crippen LogP contribution in [0.5, 0.6) is 5.75 Å². The number of hydrogen-bond donors (Lipinski definition) is 1. The molecule has 0 aliphatic heterocycles. The van der Waals surface area contributed by atoms with Gasteiger partial charge in [-0.1, -0.05) is 12.1 Å². The summed E-state index contributed by atoms with van der Waals surface area (Å²) in [5.74, 6) is 0.892. The van der Waals surface area contributed by atoms with Crippen LogP contribution in [-0.4, -0.2) is 7.11 Å². The van der Waals surface area contributed by atoms with E-state index in [4.69, 9.17) is 10.5 Å². The van der Waals surface area contributed by atoms with E-state index in [2.05, 4.69) is 38.8 Å². The molecule has 2 N–H and O–H groups in total. The lowest BCUT2D eigenvalue weighted by molar-refractivity contribution is 0.414. The van der Waals surface area contributed by atoms with E-state index >= 15 is 0 Å². The molecule has 0 radical (unpaired) electrons. The average molecular weight is 326 g/mol. The van der Waals surface area contributed by atoms with Crippen molar-refractivity contribution >= 4 is 27.3 Å². The number of benzene rings is 1. The Morgan fingerprint density at radius 1 is 1.28 bits per heavy atom. The van der Waals surface area contributed by atoms with Gasteiger partial charge >= 0.3 is 0 Å². The molecule has 0 aliphatic carbocycles. The van der Waals surface area contributed by atoms with Gasteiger partial charge in [0, 0.05) is 15.9 Å². The quantitative estimate of drug-likeness (QED) is 0.896. The molecule has 2 aromatic rings. The van der Waals surface area contributed by atoms with Crippen molar-refractivity contribution in [2.45, 2.75) is 18.9 Å². The fraction of sp³-hybridized carbons (Fsp3) is 0.286. The summed E-state index contributed by atoms with van der Waals surface area (Å²) in [5.41, 5.74) is 8.69. The van der Waals surface area contributed by atoms with Crippen molar-refractivity contribution in [3.8, 4) is 5.75 Å². The molecule has 18 heavy (non-hydrogen) atoms. The SMILES string of the molecule is COc1ccc(CCC(N)c2cscc2Br)cc1. The third kappa shape index (κ3) is 3.34. The fourth-order valence-corrected chi connectivity index (χ4v) is 3.48. The Kier molecular flexibility index (Phi) is 4.80. The molecule has 0 amide bonds. The Labute approximate surface area is 120 Å². The largest absolute Gasteiger partial charge is 0.497 e.